The first-order valence-corrected chi connectivity index (χ1v) is 7.57. The zero-order chi connectivity index (χ0) is 15.5. The second kappa shape index (κ2) is 6.17. The zero-order valence-electron chi connectivity index (χ0n) is 12.3. The topological polar surface area (TPSA) is 86.3 Å². The molecule has 0 atom stereocenters. The Kier molecular flexibility index (Phi) is 4.09. The van der Waals surface area contributed by atoms with Crippen molar-refractivity contribution in [2.75, 3.05) is 13.1 Å². The Labute approximate surface area is 128 Å². The van der Waals surface area contributed by atoms with Crippen LogP contribution in [0.15, 0.2) is 24.3 Å². The minimum Gasteiger partial charge on any atom is -0.481 e. The van der Waals surface area contributed by atoms with E-state index >= 15 is 0 Å². The van der Waals surface area contributed by atoms with Gasteiger partial charge in [0.05, 0.1) is 17.5 Å². The lowest BCUT2D eigenvalue weighted by Crippen LogP contribution is -2.38. The van der Waals surface area contributed by atoms with Crippen molar-refractivity contribution in [2.24, 2.45) is 0 Å². The number of amides is 1. The summed E-state index contributed by atoms with van der Waals surface area (Å²) < 4.78 is 0. The number of nitrogens with one attached hydrogen (secondary N) is 1. The fraction of sp³-hybridized carbons (Fsp3) is 0.438. The molecule has 6 heteroatoms. The Morgan fingerprint density at radius 1 is 1.23 bits per heavy atom. The highest BCUT2D eigenvalue weighted by atomic mass is 16.4. The van der Waals surface area contributed by atoms with Crippen molar-refractivity contribution in [1.29, 1.82) is 0 Å². The minimum absolute atomic E-state index is 0.0644. The van der Waals surface area contributed by atoms with Gasteiger partial charge >= 0.3 is 5.97 Å². The quantitative estimate of drug-likeness (QED) is 0.905. The number of piperidine rings is 1. The molecular formula is C16H19N3O3. The van der Waals surface area contributed by atoms with Gasteiger partial charge in [-0.05, 0) is 25.0 Å². The van der Waals surface area contributed by atoms with Crippen LogP contribution in [0.1, 0.15) is 37.4 Å². The SMILES string of the molecule is O=C(O)CCC(=O)N1CCC(c2nc3ccccc3[nH]2)CC1. The van der Waals surface area contributed by atoms with Gasteiger partial charge in [0.2, 0.25) is 5.91 Å². The second-order valence-electron chi connectivity index (χ2n) is 5.69. The minimum atomic E-state index is -0.925. The lowest BCUT2D eigenvalue weighted by atomic mass is 9.96. The van der Waals surface area contributed by atoms with Crippen LogP contribution >= 0.6 is 0 Å². The smallest absolute Gasteiger partial charge is 0.303 e. The monoisotopic (exact) mass is 301 g/mol. The average Bonchev–Trinajstić information content (AvgIpc) is 2.96. The summed E-state index contributed by atoms with van der Waals surface area (Å²) in [5.74, 6) is 0.325. The number of carboxylic acids is 1. The number of aliphatic carboxylic acids is 1. The van der Waals surface area contributed by atoms with Gasteiger partial charge in [-0.1, -0.05) is 12.1 Å². The number of hydrogen-bond acceptors (Lipinski definition) is 3. The number of likely N-dealkylation sites (tertiary alicyclic amines) is 1. The van der Waals surface area contributed by atoms with E-state index in [0.717, 1.165) is 29.7 Å². The molecule has 0 spiro atoms. The molecule has 2 aromatic rings. The number of carboxylic acid groups (broad SMARTS) is 1. The van der Waals surface area contributed by atoms with Crippen molar-refractivity contribution in [1.82, 2.24) is 14.9 Å². The highest BCUT2D eigenvalue weighted by Crippen LogP contribution is 2.27. The number of aromatic nitrogens is 2. The lowest BCUT2D eigenvalue weighted by molar-refractivity contribution is -0.141. The van der Waals surface area contributed by atoms with Crippen LogP contribution in [0.2, 0.25) is 0 Å². The summed E-state index contributed by atoms with van der Waals surface area (Å²) >= 11 is 0. The second-order valence-corrected chi connectivity index (χ2v) is 5.69. The number of hydrogen-bond donors (Lipinski definition) is 2. The van der Waals surface area contributed by atoms with Gasteiger partial charge in [-0.2, -0.15) is 0 Å². The Balaban J connectivity index is 1.59. The van der Waals surface area contributed by atoms with Gasteiger partial charge in [-0.25, -0.2) is 4.98 Å². The third-order valence-corrected chi connectivity index (χ3v) is 4.19. The number of para-hydroxylation sites is 2. The number of benzene rings is 1. The van der Waals surface area contributed by atoms with Crippen molar-refractivity contribution >= 4 is 22.9 Å². The predicted octanol–water partition coefficient (Wildman–Crippen LogP) is 2.13. The molecule has 3 rings (SSSR count). The van der Waals surface area contributed by atoms with Crippen LogP contribution in [0, 0.1) is 0 Å². The zero-order valence-corrected chi connectivity index (χ0v) is 12.3. The predicted molar refractivity (Wildman–Crippen MR) is 81.5 cm³/mol. The van der Waals surface area contributed by atoms with Crippen molar-refractivity contribution < 1.29 is 14.7 Å². The number of carbonyl (C=O) groups is 2. The lowest BCUT2D eigenvalue weighted by Gasteiger charge is -2.31. The Bertz CT molecular complexity index is 654. The van der Waals surface area contributed by atoms with E-state index in [2.05, 4.69) is 9.97 Å². The third-order valence-electron chi connectivity index (χ3n) is 4.19. The summed E-state index contributed by atoms with van der Waals surface area (Å²) in [6, 6.07) is 7.95. The molecule has 2 N–H and O–H groups in total. The molecular weight excluding hydrogens is 282 g/mol. The van der Waals surface area contributed by atoms with Gasteiger partial charge in [-0.3, -0.25) is 9.59 Å². The van der Waals surface area contributed by atoms with E-state index < -0.39 is 5.97 Å². The van der Waals surface area contributed by atoms with E-state index in [1.807, 2.05) is 24.3 Å². The number of rotatable bonds is 4. The molecule has 1 aromatic carbocycles. The Hall–Kier alpha value is -2.37. The van der Waals surface area contributed by atoms with Crippen LogP contribution < -0.4 is 0 Å². The van der Waals surface area contributed by atoms with Crippen molar-refractivity contribution in [3.8, 4) is 0 Å². The molecule has 2 heterocycles. The number of fused-ring (bicyclic) bond motifs is 1. The molecule has 1 amide bonds. The van der Waals surface area contributed by atoms with E-state index in [-0.39, 0.29) is 18.7 Å². The fourth-order valence-electron chi connectivity index (χ4n) is 2.94. The number of nitrogens with zero attached hydrogens (tertiary/aromatic N) is 2. The first-order valence-electron chi connectivity index (χ1n) is 7.57. The summed E-state index contributed by atoms with van der Waals surface area (Å²) in [7, 11) is 0. The van der Waals surface area contributed by atoms with Gasteiger partial charge < -0.3 is 15.0 Å². The highest BCUT2D eigenvalue weighted by Gasteiger charge is 2.25. The number of aromatic amines is 1. The summed E-state index contributed by atoms with van der Waals surface area (Å²) in [5.41, 5.74) is 2.01. The molecule has 1 aliphatic rings. The summed E-state index contributed by atoms with van der Waals surface area (Å²) in [5, 5.41) is 8.64. The van der Waals surface area contributed by atoms with E-state index in [9.17, 15) is 9.59 Å². The van der Waals surface area contributed by atoms with Crippen molar-refractivity contribution in [3.63, 3.8) is 0 Å². The molecule has 0 aliphatic carbocycles. The molecule has 1 saturated heterocycles. The summed E-state index contributed by atoms with van der Waals surface area (Å²) in [6.07, 6.45) is 1.71. The highest BCUT2D eigenvalue weighted by molar-refractivity contribution is 5.80. The average molecular weight is 301 g/mol. The van der Waals surface area contributed by atoms with Gasteiger partial charge in [-0.15, -0.1) is 0 Å². The van der Waals surface area contributed by atoms with Gasteiger partial charge in [0.1, 0.15) is 5.82 Å². The molecule has 1 aliphatic heterocycles. The van der Waals surface area contributed by atoms with Gasteiger partial charge in [0.25, 0.3) is 0 Å². The summed E-state index contributed by atoms with van der Waals surface area (Å²) in [4.78, 5) is 32.2. The fourth-order valence-corrected chi connectivity index (χ4v) is 2.94. The normalized spacial score (nSPS) is 16.1. The van der Waals surface area contributed by atoms with Gasteiger partial charge in [0, 0.05) is 25.4 Å². The molecule has 0 unspecified atom stereocenters. The van der Waals surface area contributed by atoms with Crippen LogP contribution in [-0.2, 0) is 9.59 Å². The molecule has 0 saturated carbocycles. The largest absolute Gasteiger partial charge is 0.481 e. The Morgan fingerprint density at radius 2 is 1.95 bits per heavy atom. The maximum absolute atomic E-state index is 11.9. The number of imidazole rings is 1. The molecule has 22 heavy (non-hydrogen) atoms. The molecule has 0 radical (unpaired) electrons. The maximum Gasteiger partial charge on any atom is 0.303 e. The first kappa shape index (κ1) is 14.6. The maximum atomic E-state index is 11.9. The molecule has 1 fully saturated rings. The van der Waals surface area contributed by atoms with Crippen molar-refractivity contribution in [2.45, 2.75) is 31.6 Å². The molecule has 1 aromatic heterocycles. The first-order chi connectivity index (χ1) is 10.6. The van der Waals surface area contributed by atoms with E-state index in [1.165, 1.54) is 0 Å². The molecule has 6 nitrogen and oxygen atoms in total. The third kappa shape index (κ3) is 3.10. The Morgan fingerprint density at radius 3 is 2.64 bits per heavy atom. The number of H-pyrrole nitrogens is 1. The molecule has 0 bridgehead atoms. The molecule has 116 valence electrons. The van der Waals surface area contributed by atoms with E-state index in [1.54, 1.807) is 4.90 Å². The van der Waals surface area contributed by atoms with Crippen LogP contribution in [0.3, 0.4) is 0 Å². The van der Waals surface area contributed by atoms with Crippen molar-refractivity contribution in [3.05, 3.63) is 30.1 Å². The van der Waals surface area contributed by atoms with Crippen LogP contribution in [0.4, 0.5) is 0 Å². The number of carbonyl (C=O) groups excluding carboxylic acids is 1. The van der Waals surface area contributed by atoms with Crippen LogP contribution in [0.5, 0.6) is 0 Å². The van der Waals surface area contributed by atoms with E-state index in [4.69, 9.17) is 5.11 Å². The van der Waals surface area contributed by atoms with Crippen LogP contribution in [-0.4, -0.2) is 44.9 Å². The van der Waals surface area contributed by atoms with E-state index in [0.29, 0.717) is 19.0 Å². The van der Waals surface area contributed by atoms with Gasteiger partial charge in [0.15, 0.2) is 0 Å². The summed E-state index contributed by atoms with van der Waals surface area (Å²) in [6.45, 7) is 1.33. The standard InChI is InChI=1S/C16H19N3O3/c20-14(5-6-15(21)22)19-9-7-11(8-10-19)16-17-12-3-1-2-4-13(12)18-16/h1-4,11H,5-10H2,(H,17,18)(H,21,22). The van der Waals surface area contributed by atoms with Crippen LogP contribution in [0.25, 0.3) is 11.0 Å².